The number of nitrogens with zero attached hydrogens (tertiary/aromatic N) is 2. The molecular formula is C19H23N3O2S2. The van der Waals surface area contributed by atoms with E-state index in [4.69, 9.17) is 12.2 Å². The molecule has 1 N–H and O–H groups in total. The summed E-state index contributed by atoms with van der Waals surface area (Å²) in [4.78, 5) is 6.14. The quantitative estimate of drug-likeness (QED) is 0.811. The minimum atomic E-state index is -3.00. The van der Waals surface area contributed by atoms with Crippen LogP contribution in [0.1, 0.15) is 23.1 Å². The van der Waals surface area contributed by atoms with E-state index in [1.54, 1.807) is 12.4 Å². The first-order valence-electron chi connectivity index (χ1n) is 8.58. The second kappa shape index (κ2) is 7.72. The van der Waals surface area contributed by atoms with Crippen molar-refractivity contribution in [3.8, 4) is 0 Å². The molecule has 5 nitrogen and oxygen atoms in total. The van der Waals surface area contributed by atoms with E-state index < -0.39 is 9.84 Å². The van der Waals surface area contributed by atoms with E-state index in [0.717, 1.165) is 22.4 Å². The van der Waals surface area contributed by atoms with Gasteiger partial charge in [-0.15, -0.1) is 0 Å². The predicted molar refractivity (Wildman–Crippen MR) is 109 cm³/mol. The van der Waals surface area contributed by atoms with Crippen LogP contribution in [0.2, 0.25) is 0 Å². The number of nitrogens with one attached hydrogen (secondary N) is 1. The summed E-state index contributed by atoms with van der Waals surface area (Å²) in [6, 6.07) is 9.89. The van der Waals surface area contributed by atoms with Gasteiger partial charge in [0, 0.05) is 30.7 Å². The van der Waals surface area contributed by atoms with Crippen molar-refractivity contribution in [2.45, 2.75) is 32.9 Å². The molecule has 2 aromatic rings. The van der Waals surface area contributed by atoms with Gasteiger partial charge in [0.05, 0.1) is 11.5 Å². The fourth-order valence-electron chi connectivity index (χ4n) is 3.13. The molecule has 138 valence electrons. The summed E-state index contributed by atoms with van der Waals surface area (Å²) in [5, 5.41) is 3.86. The molecular weight excluding hydrogens is 366 g/mol. The number of sulfone groups is 1. The molecule has 0 radical (unpaired) electrons. The van der Waals surface area contributed by atoms with Crippen LogP contribution in [-0.4, -0.2) is 41.0 Å². The molecule has 0 bridgehead atoms. The first-order chi connectivity index (χ1) is 12.3. The number of aryl methyl sites for hydroxylation is 2. The molecule has 1 saturated heterocycles. The Morgan fingerprint density at radius 2 is 2.15 bits per heavy atom. The summed E-state index contributed by atoms with van der Waals surface area (Å²) in [5.41, 5.74) is 4.19. The van der Waals surface area contributed by atoms with Crippen LogP contribution in [-0.2, 0) is 16.4 Å². The van der Waals surface area contributed by atoms with Crippen molar-refractivity contribution in [1.82, 2.24) is 9.88 Å². The Kier molecular flexibility index (Phi) is 5.58. The molecule has 1 aliphatic rings. The van der Waals surface area contributed by atoms with Gasteiger partial charge < -0.3 is 10.2 Å². The zero-order valence-electron chi connectivity index (χ0n) is 15.0. The van der Waals surface area contributed by atoms with Gasteiger partial charge in [0.2, 0.25) is 0 Å². The van der Waals surface area contributed by atoms with Gasteiger partial charge in [0.15, 0.2) is 14.9 Å². The van der Waals surface area contributed by atoms with Gasteiger partial charge >= 0.3 is 0 Å². The van der Waals surface area contributed by atoms with Crippen molar-refractivity contribution >= 4 is 32.9 Å². The number of rotatable bonds is 4. The van der Waals surface area contributed by atoms with E-state index in [2.05, 4.69) is 22.4 Å². The summed E-state index contributed by atoms with van der Waals surface area (Å²) in [6.45, 7) is 4.59. The highest BCUT2D eigenvalue weighted by molar-refractivity contribution is 7.91. The third-order valence-electron chi connectivity index (χ3n) is 4.62. The Morgan fingerprint density at radius 3 is 2.81 bits per heavy atom. The van der Waals surface area contributed by atoms with Crippen LogP contribution in [0.4, 0.5) is 5.69 Å². The van der Waals surface area contributed by atoms with Gasteiger partial charge in [-0.05, 0) is 61.3 Å². The van der Waals surface area contributed by atoms with Gasteiger partial charge in [-0.1, -0.05) is 18.2 Å². The standard InChI is InChI=1S/C19H23N3O2S2/c1-14-5-6-15(2)18(10-14)21-19(25)22(12-16-4-3-8-20-11-16)17-7-9-26(23,24)13-17/h3-6,8,10-11,17H,7,9,12-13H2,1-2H3,(H,21,25)/t17-/m1/s1. The molecule has 1 aromatic heterocycles. The maximum atomic E-state index is 12.0. The first-order valence-corrected chi connectivity index (χ1v) is 10.8. The van der Waals surface area contributed by atoms with Gasteiger partial charge in [-0.3, -0.25) is 4.98 Å². The summed E-state index contributed by atoms with van der Waals surface area (Å²) in [5.74, 6) is 0.356. The summed E-state index contributed by atoms with van der Waals surface area (Å²) in [7, 11) is -3.00. The molecule has 0 amide bonds. The fraction of sp³-hybridized carbons (Fsp3) is 0.368. The summed E-state index contributed by atoms with van der Waals surface area (Å²) >= 11 is 5.67. The number of aromatic nitrogens is 1. The van der Waals surface area contributed by atoms with Crippen LogP contribution >= 0.6 is 12.2 Å². The fourth-order valence-corrected chi connectivity index (χ4v) is 5.19. The lowest BCUT2D eigenvalue weighted by atomic mass is 10.1. The monoisotopic (exact) mass is 389 g/mol. The second-order valence-electron chi connectivity index (χ2n) is 6.79. The summed E-state index contributed by atoms with van der Waals surface area (Å²) < 4.78 is 23.9. The van der Waals surface area contributed by atoms with Crippen molar-refractivity contribution < 1.29 is 8.42 Å². The lowest BCUT2D eigenvalue weighted by molar-refractivity contribution is 0.332. The zero-order chi connectivity index (χ0) is 18.7. The van der Waals surface area contributed by atoms with Gasteiger partial charge in [0.25, 0.3) is 0 Å². The third kappa shape index (κ3) is 4.59. The van der Waals surface area contributed by atoms with Gasteiger partial charge in [-0.25, -0.2) is 8.42 Å². The highest BCUT2D eigenvalue weighted by Crippen LogP contribution is 2.23. The minimum absolute atomic E-state index is 0.120. The number of thiocarbonyl (C=S) groups is 1. The number of hydrogen-bond acceptors (Lipinski definition) is 4. The summed E-state index contributed by atoms with van der Waals surface area (Å²) in [6.07, 6.45) is 4.11. The lowest BCUT2D eigenvalue weighted by Crippen LogP contribution is -2.43. The van der Waals surface area contributed by atoms with Gasteiger partial charge in [-0.2, -0.15) is 0 Å². The van der Waals surface area contributed by atoms with Crippen molar-refractivity contribution in [2.75, 3.05) is 16.8 Å². The average molecular weight is 390 g/mol. The topological polar surface area (TPSA) is 62.3 Å². The highest BCUT2D eigenvalue weighted by atomic mass is 32.2. The van der Waals surface area contributed by atoms with E-state index >= 15 is 0 Å². The molecule has 1 fully saturated rings. The average Bonchev–Trinajstić information content (AvgIpc) is 2.96. The second-order valence-corrected chi connectivity index (χ2v) is 9.41. The molecule has 0 unspecified atom stereocenters. The molecule has 7 heteroatoms. The highest BCUT2D eigenvalue weighted by Gasteiger charge is 2.33. The molecule has 1 atom stereocenters. The molecule has 3 rings (SSSR count). The van der Waals surface area contributed by atoms with Crippen LogP contribution < -0.4 is 5.32 Å². The zero-order valence-corrected chi connectivity index (χ0v) is 16.6. The molecule has 2 heterocycles. The van der Waals surface area contributed by atoms with Crippen LogP contribution in [0.3, 0.4) is 0 Å². The predicted octanol–water partition coefficient (Wildman–Crippen LogP) is 3.08. The van der Waals surface area contributed by atoms with Gasteiger partial charge in [0.1, 0.15) is 0 Å². The largest absolute Gasteiger partial charge is 0.341 e. The van der Waals surface area contributed by atoms with Crippen LogP contribution in [0, 0.1) is 13.8 Å². The molecule has 1 aromatic carbocycles. The molecule has 0 aliphatic carbocycles. The van der Waals surface area contributed by atoms with Crippen molar-refractivity contribution in [3.63, 3.8) is 0 Å². The number of hydrogen-bond donors (Lipinski definition) is 1. The smallest absolute Gasteiger partial charge is 0.174 e. The van der Waals surface area contributed by atoms with E-state index in [0.29, 0.717) is 18.1 Å². The normalized spacial score (nSPS) is 18.5. The SMILES string of the molecule is Cc1ccc(C)c(NC(=S)N(Cc2cccnc2)[C@@H]2CCS(=O)(=O)C2)c1. The van der Waals surface area contributed by atoms with E-state index in [9.17, 15) is 8.42 Å². The van der Waals surface area contributed by atoms with Crippen LogP contribution in [0.25, 0.3) is 0 Å². The number of benzene rings is 1. The van der Waals surface area contributed by atoms with Crippen LogP contribution in [0.5, 0.6) is 0 Å². The maximum Gasteiger partial charge on any atom is 0.174 e. The maximum absolute atomic E-state index is 12.0. The Balaban J connectivity index is 1.84. The minimum Gasteiger partial charge on any atom is -0.341 e. The molecule has 0 spiro atoms. The molecule has 1 aliphatic heterocycles. The molecule has 0 saturated carbocycles. The van der Waals surface area contributed by atoms with E-state index in [-0.39, 0.29) is 17.5 Å². The lowest BCUT2D eigenvalue weighted by Gasteiger charge is -2.31. The Morgan fingerprint density at radius 1 is 1.35 bits per heavy atom. The number of pyridine rings is 1. The Labute approximate surface area is 160 Å². The third-order valence-corrected chi connectivity index (χ3v) is 6.71. The first kappa shape index (κ1) is 18.8. The Hall–Kier alpha value is -1.99. The van der Waals surface area contributed by atoms with Crippen molar-refractivity contribution in [1.29, 1.82) is 0 Å². The van der Waals surface area contributed by atoms with Crippen molar-refractivity contribution in [3.05, 3.63) is 59.4 Å². The molecule has 26 heavy (non-hydrogen) atoms. The van der Waals surface area contributed by atoms with Crippen LogP contribution in [0.15, 0.2) is 42.7 Å². The number of anilines is 1. The van der Waals surface area contributed by atoms with E-state index in [1.807, 2.05) is 36.9 Å². The van der Waals surface area contributed by atoms with Crippen molar-refractivity contribution in [2.24, 2.45) is 0 Å². The van der Waals surface area contributed by atoms with E-state index in [1.165, 1.54) is 0 Å². The Bertz CT molecular complexity index is 898.